The molecule has 3 heteroatoms. The maximum absolute atomic E-state index is 6.20. The molecule has 0 saturated heterocycles. The van der Waals surface area contributed by atoms with Gasteiger partial charge in [-0.05, 0) is 46.8 Å². The standard InChI is InChI=1S/C12H20BrNS/c1-4-5-8(2)6-10(14)11-7-9(3)12(13)15-11/h7-8,10H,4-6,14H2,1-3H3. The molecule has 0 aromatic carbocycles. The van der Waals surface area contributed by atoms with E-state index in [-0.39, 0.29) is 6.04 Å². The summed E-state index contributed by atoms with van der Waals surface area (Å²) in [5.74, 6) is 0.728. The molecule has 1 rings (SSSR count). The molecule has 1 aromatic heterocycles. The molecule has 2 N–H and O–H groups in total. The average Bonchev–Trinajstić information content (AvgIpc) is 2.47. The number of halogens is 1. The van der Waals surface area contributed by atoms with E-state index in [9.17, 15) is 0 Å². The van der Waals surface area contributed by atoms with Crippen LogP contribution in [0.5, 0.6) is 0 Å². The Bertz CT molecular complexity index is 289. The number of hydrogen-bond acceptors (Lipinski definition) is 2. The van der Waals surface area contributed by atoms with Crippen LogP contribution in [0.15, 0.2) is 9.85 Å². The number of hydrogen-bond donors (Lipinski definition) is 1. The van der Waals surface area contributed by atoms with E-state index in [1.807, 2.05) is 0 Å². The molecule has 15 heavy (non-hydrogen) atoms. The molecule has 2 unspecified atom stereocenters. The maximum atomic E-state index is 6.20. The second kappa shape index (κ2) is 6.02. The van der Waals surface area contributed by atoms with Crippen LogP contribution < -0.4 is 5.73 Å². The molecule has 0 aliphatic carbocycles. The summed E-state index contributed by atoms with van der Waals surface area (Å²) in [6, 6.07) is 2.42. The van der Waals surface area contributed by atoms with Crippen LogP contribution in [-0.4, -0.2) is 0 Å². The van der Waals surface area contributed by atoms with Gasteiger partial charge in [0, 0.05) is 10.9 Å². The van der Waals surface area contributed by atoms with Gasteiger partial charge in [-0.15, -0.1) is 11.3 Å². The molecule has 0 amide bonds. The first-order chi connectivity index (χ1) is 7.04. The van der Waals surface area contributed by atoms with Crippen molar-refractivity contribution in [1.82, 2.24) is 0 Å². The zero-order chi connectivity index (χ0) is 11.4. The Morgan fingerprint density at radius 1 is 1.53 bits per heavy atom. The molecule has 0 bridgehead atoms. The van der Waals surface area contributed by atoms with Crippen molar-refractivity contribution in [2.45, 2.75) is 46.1 Å². The Kier molecular flexibility index (Phi) is 5.30. The minimum absolute atomic E-state index is 0.210. The molecule has 0 fully saturated rings. The lowest BCUT2D eigenvalue weighted by atomic mass is 9.97. The molecule has 0 aliphatic rings. The van der Waals surface area contributed by atoms with Crippen LogP contribution in [0.4, 0.5) is 0 Å². The van der Waals surface area contributed by atoms with Crippen LogP contribution in [0, 0.1) is 12.8 Å². The van der Waals surface area contributed by atoms with Crippen LogP contribution in [0.1, 0.15) is 49.6 Å². The summed E-state index contributed by atoms with van der Waals surface area (Å²) in [7, 11) is 0. The average molecular weight is 290 g/mol. The molecular formula is C12H20BrNS. The SMILES string of the molecule is CCCC(C)CC(N)c1cc(C)c(Br)s1. The third-order valence-corrected chi connectivity index (χ3v) is 4.95. The summed E-state index contributed by atoms with van der Waals surface area (Å²) in [6.07, 6.45) is 3.63. The van der Waals surface area contributed by atoms with Gasteiger partial charge in [-0.25, -0.2) is 0 Å². The Hall–Kier alpha value is 0.140. The molecular weight excluding hydrogens is 270 g/mol. The van der Waals surface area contributed by atoms with Gasteiger partial charge in [0.2, 0.25) is 0 Å². The molecule has 2 atom stereocenters. The van der Waals surface area contributed by atoms with Crippen LogP contribution >= 0.6 is 27.3 Å². The number of nitrogens with two attached hydrogens (primary N) is 1. The normalized spacial score (nSPS) is 15.3. The predicted molar refractivity (Wildman–Crippen MR) is 72.4 cm³/mol. The Morgan fingerprint density at radius 2 is 2.20 bits per heavy atom. The molecule has 1 nitrogen and oxygen atoms in total. The molecule has 0 aliphatic heterocycles. The summed E-state index contributed by atoms with van der Waals surface area (Å²) in [6.45, 7) is 6.64. The van der Waals surface area contributed by atoms with Crippen molar-refractivity contribution in [1.29, 1.82) is 0 Å². The van der Waals surface area contributed by atoms with E-state index in [0.29, 0.717) is 0 Å². The summed E-state index contributed by atoms with van der Waals surface area (Å²) in [4.78, 5) is 1.31. The van der Waals surface area contributed by atoms with E-state index >= 15 is 0 Å². The predicted octanol–water partition coefficient (Wildman–Crippen LogP) is 4.65. The van der Waals surface area contributed by atoms with Crippen molar-refractivity contribution in [3.8, 4) is 0 Å². The summed E-state index contributed by atoms with van der Waals surface area (Å²) in [5.41, 5.74) is 7.50. The second-order valence-corrected chi connectivity index (χ2v) is 6.74. The molecule has 1 heterocycles. The van der Waals surface area contributed by atoms with E-state index < -0.39 is 0 Å². The summed E-state index contributed by atoms with van der Waals surface area (Å²) in [5, 5.41) is 0. The van der Waals surface area contributed by atoms with Gasteiger partial charge < -0.3 is 5.73 Å². The van der Waals surface area contributed by atoms with Crippen LogP contribution in [0.3, 0.4) is 0 Å². The third kappa shape index (κ3) is 3.89. The fraction of sp³-hybridized carbons (Fsp3) is 0.667. The first-order valence-electron chi connectivity index (χ1n) is 5.56. The van der Waals surface area contributed by atoms with Gasteiger partial charge in [-0.2, -0.15) is 0 Å². The van der Waals surface area contributed by atoms with E-state index in [2.05, 4.69) is 42.8 Å². The fourth-order valence-electron chi connectivity index (χ4n) is 1.83. The molecule has 86 valence electrons. The lowest BCUT2D eigenvalue weighted by molar-refractivity contribution is 0.443. The van der Waals surface area contributed by atoms with Crippen LogP contribution in [0.2, 0.25) is 0 Å². The zero-order valence-electron chi connectivity index (χ0n) is 9.72. The van der Waals surface area contributed by atoms with Crippen LogP contribution in [0.25, 0.3) is 0 Å². The largest absolute Gasteiger partial charge is 0.323 e. The van der Waals surface area contributed by atoms with Gasteiger partial charge in [0.15, 0.2) is 0 Å². The third-order valence-electron chi connectivity index (χ3n) is 2.68. The minimum atomic E-state index is 0.210. The highest BCUT2D eigenvalue weighted by Gasteiger charge is 2.13. The maximum Gasteiger partial charge on any atom is 0.0731 e. The van der Waals surface area contributed by atoms with Crippen molar-refractivity contribution < 1.29 is 0 Å². The smallest absolute Gasteiger partial charge is 0.0731 e. The van der Waals surface area contributed by atoms with Gasteiger partial charge >= 0.3 is 0 Å². The van der Waals surface area contributed by atoms with Crippen molar-refractivity contribution in [3.63, 3.8) is 0 Å². The summed E-state index contributed by atoms with van der Waals surface area (Å²) < 4.78 is 1.22. The van der Waals surface area contributed by atoms with Crippen molar-refractivity contribution in [2.75, 3.05) is 0 Å². The van der Waals surface area contributed by atoms with Gasteiger partial charge in [0.05, 0.1) is 3.79 Å². The molecule has 1 aromatic rings. The number of rotatable bonds is 5. The van der Waals surface area contributed by atoms with Crippen molar-refractivity contribution in [3.05, 3.63) is 20.3 Å². The highest BCUT2D eigenvalue weighted by Crippen LogP contribution is 2.33. The fourth-order valence-corrected chi connectivity index (χ4v) is 3.41. The monoisotopic (exact) mass is 289 g/mol. The van der Waals surface area contributed by atoms with E-state index in [0.717, 1.165) is 12.3 Å². The highest BCUT2D eigenvalue weighted by molar-refractivity contribution is 9.11. The topological polar surface area (TPSA) is 26.0 Å². The number of aryl methyl sites for hydroxylation is 1. The molecule has 0 radical (unpaired) electrons. The Balaban J connectivity index is 2.56. The molecule has 0 spiro atoms. The van der Waals surface area contributed by atoms with Crippen LogP contribution in [-0.2, 0) is 0 Å². The second-order valence-electron chi connectivity index (χ2n) is 4.34. The number of thiophene rings is 1. The minimum Gasteiger partial charge on any atom is -0.323 e. The van der Waals surface area contributed by atoms with Gasteiger partial charge in [-0.3, -0.25) is 0 Å². The molecule has 0 saturated carbocycles. The first kappa shape index (κ1) is 13.2. The van der Waals surface area contributed by atoms with E-state index in [1.54, 1.807) is 11.3 Å². The Labute approximate surface area is 105 Å². The van der Waals surface area contributed by atoms with Gasteiger partial charge in [0.1, 0.15) is 0 Å². The van der Waals surface area contributed by atoms with Gasteiger partial charge in [0.25, 0.3) is 0 Å². The lowest BCUT2D eigenvalue weighted by Crippen LogP contribution is -2.12. The van der Waals surface area contributed by atoms with Crippen molar-refractivity contribution >= 4 is 27.3 Å². The first-order valence-corrected chi connectivity index (χ1v) is 7.17. The summed E-state index contributed by atoms with van der Waals surface area (Å²) >= 11 is 5.32. The van der Waals surface area contributed by atoms with Crippen molar-refractivity contribution in [2.24, 2.45) is 11.7 Å². The highest BCUT2D eigenvalue weighted by atomic mass is 79.9. The quantitative estimate of drug-likeness (QED) is 0.839. The zero-order valence-corrected chi connectivity index (χ0v) is 12.1. The van der Waals surface area contributed by atoms with E-state index in [4.69, 9.17) is 5.73 Å². The van der Waals surface area contributed by atoms with Gasteiger partial charge in [-0.1, -0.05) is 26.7 Å². The Morgan fingerprint density at radius 3 is 2.67 bits per heavy atom. The lowest BCUT2D eigenvalue weighted by Gasteiger charge is -2.15. The van der Waals surface area contributed by atoms with E-state index in [1.165, 1.54) is 27.1 Å².